The third-order valence-electron chi connectivity index (χ3n) is 3.30. The fourth-order valence-electron chi connectivity index (χ4n) is 2.09. The fourth-order valence-corrected chi connectivity index (χ4v) is 2.25. The average molecular weight is 328 g/mol. The van der Waals surface area contributed by atoms with E-state index in [9.17, 15) is 0 Å². The Bertz CT molecular complexity index is 739. The molecule has 0 bridgehead atoms. The molecule has 6 heteroatoms. The molecule has 0 atom stereocenters. The van der Waals surface area contributed by atoms with Crippen LogP contribution in [-0.4, -0.2) is 29.2 Å². The largest absolute Gasteiger partial charge is 0.497 e. The van der Waals surface area contributed by atoms with Gasteiger partial charge in [0.2, 0.25) is 5.28 Å². The highest BCUT2D eigenvalue weighted by atomic mass is 35.5. The summed E-state index contributed by atoms with van der Waals surface area (Å²) < 4.78 is 10.3. The molecule has 116 valence electrons. The van der Waals surface area contributed by atoms with Gasteiger partial charge in [0.25, 0.3) is 0 Å². The summed E-state index contributed by atoms with van der Waals surface area (Å²) in [5.74, 6) is 2.56. The van der Waals surface area contributed by atoms with Crippen LogP contribution in [0, 0.1) is 0 Å². The van der Waals surface area contributed by atoms with Crippen LogP contribution < -0.4 is 9.47 Å². The van der Waals surface area contributed by atoms with Crippen molar-refractivity contribution in [2.45, 2.75) is 0 Å². The SMILES string of the molecule is COc1ccc(-c2nc(Cl)nc(-c3ccc(OC)cc3)n2)cc1. The first-order valence-electron chi connectivity index (χ1n) is 6.90. The standard InChI is InChI=1S/C17H14ClN3O2/c1-22-13-7-3-11(4-8-13)15-19-16(21-17(18)20-15)12-5-9-14(23-2)10-6-12/h3-10H,1-2H3. The molecule has 23 heavy (non-hydrogen) atoms. The van der Waals surface area contributed by atoms with Crippen LogP contribution in [0.2, 0.25) is 5.28 Å². The van der Waals surface area contributed by atoms with Crippen molar-refractivity contribution < 1.29 is 9.47 Å². The Labute approximate surface area is 138 Å². The van der Waals surface area contributed by atoms with Crippen LogP contribution in [0.25, 0.3) is 22.8 Å². The van der Waals surface area contributed by atoms with E-state index in [2.05, 4.69) is 15.0 Å². The molecule has 1 heterocycles. The van der Waals surface area contributed by atoms with Gasteiger partial charge in [0.1, 0.15) is 11.5 Å². The zero-order valence-electron chi connectivity index (χ0n) is 12.7. The van der Waals surface area contributed by atoms with Gasteiger partial charge in [0.05, 0.1) is 14.2 Å². The molecule has 0 aliphatic heterocycles. The summed E-state index contributed by atoms with van der Waals surface area (Å²) in [6.07, 6.45) is 0. The Balaban J connectivity index is 2.00. The van der Waals surface area contributed by atoms with Gasteiger partial charge < -0.3 is 9.47 Å². The lowest BCUT2D eigenvalue weighted by Crippen LogP contribution is -1.97. The third kappa shape index (κ3) is 3.40. The van der Waals surface area contributed by atoms with Crippen molar-refractivity contribution in [3.05, 3.63) is 53.8 Å². The number of nitrogens with zero attached hydrogens (tertiary/aromatic N) is 3. The van der Waals surface area contributed by atoms with E-state index in [4.69, 9.17) is 21.1 Å². The zero-order valence-corrected chi connectivity index (χ0v) is 13.4. The molecular formula is C17H14ClN3O2. The van der Waals surface area contributed by atoms with Crippen molar-refractivity contribution in [1.29, 1.82) is 0 Å². The van der Waals surface area contributed by atoms with Crippen LogP contribution in [0.5, 0.6) is 11.5 Å². The molecule has 0 radical (unpaired) electrons. The van der Waals surface area contributed by atoms with Gasteiger partial charge in [-0.15, -0.1) is 0 Å². The summed E-state index contributed by atoms with van der Waals surface area (Å²) in [6.45, 7) is 0. The van der Waals surface area contributed by atoms with Gasteiger partial charge in [-0.25, -0.2) is 4.98 Å². The van der Waals surface area contributed by atoms with E-state index in [1.807, 2.05) is 48.5 Å². The number of benzene rings is 2. The molecule has 2 aromatic carbocycles. The van der Waals surface area contributed by atoms with E-state index in [0.29, 0.717) is 11.6 Å². The van der Waals surface area contributed by atoms with Crippen molar-refractivity contribution in [1.82, 2.24) is 15.0 Å². The summed E-state index contributed by atoms with van der Waals surface area (Å²) in [5.41, 5.74) is 1.68. The van der Waals surface area contributed by atoms with Crippen LogP contribution in [0.15, 0.2) is 48.5 Å². The Hall–Kier alpha value is -2.66. The molecule has 5 nitrogen and oxygen atoms in total. The number of aromatic nitrogens is 3. The predicted molar refractivity (Wildman–Crippen MR) is 88.8 cm³/mol. The van der Waals surface area contributed by atoms with E-state index in [0.717, 1.165) is 22.6 Å². The number of methoxy groups -OCH3 is 2. The molecular weight excluding hydrogens is 314 g/mol. The molecule has 0 saturated heterocycles. The second-order valence-electron chi connectivity index (χ2n) is 4.71. The Kier molecular flexibility index (Phi) is 4.39. The van der Waals surface area contributed by atoms with Crippen LogP contribution >= 0.6 is 11.6 Å². The van der Waals surface area contributed by atoms with Crippen LogP contribution in [0.1, 0.15) is 0 Å². The monoisotopic (exact) mass is 327 g/mol. The topological polar surface area (TPSA) is 57.1 Å². The molecule has 0 amide bonds. The molecule has 0 saturated carbocycles. The summed E-state index contributed by atoms with van der Waals surface area (Å²) in [5, 5.41) is 0.150. The number of rotatable bonds is 4. The van der Waals surface area contributed by atoms with E-state index >= 15 is 0 Å². The third-order valence-corrected chi connectivity index (χ3v) is 3.47. The highest BCUT2D eigenvalue weighted by Gasteiger charge is 2.09. The molecule has 0 unspecified atom stereocenters. The lowest BCUT2D eigenvalue weighted by Gasteiger charge is -2.06. The predicted octanol–water partition coefficient (Wildman–Crippen LogP) is 3.88. The van der Waals surface area contributed by atoms with Crippen molar-refractivity contribution in [2.75, 3.05) is 14.2 Å². The second-order valence-corrected chi connectivity index (χ2v) is 5.05. The van der Waals surface area contributed by atoms with Gasteiger partial charge in [0.15, 0.2) is 11.6 Å². The van der Waals surface area contributed by atoms with Crippen LogP contribution in [-0.2, 0) is 0 Å². The van der Waals surface area contributed by atoms with Crippen LogP contribution in [0.4, 0.5) is 0 Å². The van der Waals surface area contributed by atoms with Gasteiger partial charge in [0, 0.05) is 11.1 Å². The minimum absolute atomic E-state index is 0.150. The fraction of sp³-hybridized carbons (Fsp3) is 0.118. The van der Waals surface area contributed by atoms with Gasteiger partial charge in [-0.1, -0.05) is 0 Å². The normalized spacial score (nSPS) is 10.4. The molecule has 0 spiro atoms. The Morgan fingerprint density at radius 3 is 1.39 bits per heavy atom. The van der Waals surface area contributed by atoms with E-state index in [1.165, 1.54) is 0 Å². The van der Waals surface area contributed by atoms with E-state index < -0.39 is 0 Å². The lowest BCUT2D eigenvalue weighted by atomic mass is 10.2. The molecule has 0 N–H and O–H groups in total. The zero-order chi connectivity index (χ0) is 16.2. The van der Waals surface area contributed by atoms with Crippen molar-refractivity contribution in [3.63, 3.8) is 0 Å². The van der Waals surface area contributed by atoms with Gasteiger partial charge in [-0.3, -0.25) is 0 Å². The van der Waals surface area contributed by atoms with Crippen molar-refractivity contribution in [2.24, 2.45) is 0 Å². The summed E-state index contributed by atoms with van der Waals surface area (Å²) in [6, 6.07) is 14.9. The molecule has 0 aliphatic rings. The number of halogens is 1. The number of hydrogen-bond donors (Lipinski definition) is 0. The molecule has 3 rings (SSSR count). The van der Waals surface area contributed by atoms with E-state index in [1.54, 1.807) is 14.2 Å². The summed E-state index contributed by atoms with van der Waals surface area (Å²) in [7, 11) is 3.24. The smallest absolute Gasteiger partial charge is 0.226 e. The number of ether oxygens (including phenoxy) is 2. The highest BCUT2D eigenvalue weighted by Crippen LogP contribution is 2.24. The summed E-state index contributed by atoms with van der Waals surface area (Å²) in [4.78, 5) is 12.9. The maximum Gasteiger partial charge on any atom is 0.226 e. The van der Waals surface area contributed by atoms with Crippen molar-refractivity contribution >= 4 is 11.6 Å². The van der Waals surface area contributed by atoms with Crippen molar-refractivity contribution in [3.8, 4) is 34.3 Å². The van der Waals surface area contributed by atoms with Gasteiger partial charge >= 0.3 is 0 Å². The molecule has 3 aromatic rings. The maximum atomic E-state index is 6.06. The quantitative estimate of drug-likeness (QED) is 0.728. The maximum absolute atomic E-state index is 6.06. The molecule has 0 fully saturated rings. The van der Waals surface area contributed by atoms with E-state index in [-0.39, 0.29) is 5.28 Å². The minimum atomic E-state index is 0.150. The minimum Gasteiger partial charge on any atom is -0.497 e. The van der Waals surface area contributed by atoms with Crippen LogP contribution in [0.3, 0.4) is 0 Å². The molecule has 0 aliphatic carbocycles. The first-order valence-corrected chi connectivity index (χ1v) is 7.28. The Morgan fingerprint density at radius 2 is 1.04 bits per heavy atom. The highest BCUT2D eigenvalue weighted by molar-refractivity contribution is 6.28. The number of hydrogen-bond acceptors (Lipinski definition) is 5. The Morgan fingerprint density at radius 1 is 0.652 bits per heavy atom. The summed E-state index contributed by atoms with van der Waals surface area (Å²) >= 11 is 6.06. The first-order chi connectivity index (χ1) is 11.2. The van der Waals surface area contributed by atoms with Gasteiger partial charge in [-0.05, 0) is 60.1 Å². The van der Waals surface area contributed by atoms with Gasteiger partial charge in [-0.2, -0.15) is 9.97 Å². The molecule has 1 aromatic heterocycles. The average Bonchev–Trinajstić information content (AvgIpc) is 2.61. The lowest BCUT2D eigenvalue weighted by molar-refractivity contribution is 0.415. The second kappa shape index (κ2) is 6.62. The first kappa shape index (κ1) is 15.2.